The van der Waals surface area contributed by atoms with E-state index in [0.717, 1.165) is 23.3 Å². The van der Waals surface area contributed by atoms with Gasteiger partial charge >= 0.3 is 0 Å². The van der Waals surface area contributed by atoms with Crippen molar-refractivity contribution in [2.24, 2.45) is 0 Å². The SMILES string of the molecule is Fc1ccc(CNc2c(Cl)ccc3nsnc23)c(F)c1. The van der Waals surface area contributed by atoms with E-state index in [1.165, 1.54) is 12.1 Å². The number of nitrogens with one attached hydrogen (secondary N) is 1. The molecule has 0 atom stereocenters. The fourth-order valence-electron chi connectivity index (χ4n) is 1.84. The summed E-state index contributed by atoms with van der Waals surface area (Å²) in [5, 5.41) is 3.51. The van der Waals surface area contributed by atoms with E-state index in [-0.39, 0.29) is 6.54 Å². The predicted molar refractivity (Wildman–Crippen MR) is 76.1 cm³/mol. The lowest BCUT2D eigenvalue weighted by molar-refractivity contribution is 0.574. The molecule has 3 aromatic rings. The molecule has 0 aliphatic rings. The maximum Gasteiger partial charge on any atom is 0.131 e. The summed E-state index contributed by atoms with van der Waals surface area (Å²) < 4.78 is 34.7. The maximum atomic E-state index is 13.6. The minimum absolute atomic E-state index is 0.183. The third-order valence-electron chi connectivity index (χ3n) is 2.85. The molecule has 0 saturated heterocycles. The van der Waals surface area contributed by atoms with Crippen molar-refractivity contribution in [2.75, 3.05) is 5.32 Å². The molecule has 0 radical (unpaired) electrons. The highest BCUT2D eigenvalue weighted by Gasteiger charge is 2.11. The van der Waals surface area contributed by atoms with E-state index in [0.29, 0.717) is 21.8 Å². The zero-order valence-electron chi connectivity index (χ0n) is 10.0. The van der Waals surface area contributed by atoms with Gasteiger partial charge in [-0.15, -0.1) is 0 Å². The molecule has 1 aromatic heterocycles. The molecule has 20 heavy (non-hydrogen) atoms. The van der Waals surface area contributed by atoms with Crippen molar-refractivity contribution in [3.05, 3.63) is 52.6 Å². The summed E-state index contributed by atoms with van der Waals surface area (Å²) in [6.45, 7) is 0.183. The van der Waals surface area contributed by atoms with Crippen LogP contribution in [0.5, 0.6) is 0 Å². The van der Waals surface area contributed by atoms with Gasteiger partial charge in [0.2, 0.25) is 0 Å². The normalized spacial score (nSPS) is 10.9. The van der Waals surface area contributed by atoms with Gasteiger partial charge in [0.1, 0.15) is 22.7 Å². The van der Waals surface area contributed by atoms with Crippen molar-refractivity contribution in [1.82, 2.24) is 8.75 Å². The van der Waals surface area contributed by atoms with Crippen LogP contribution in [0.25, 0.3) is 11.0 Å². The first kappa shape index (κ1) is 13.2. The van der Waals surface area contributed by atoms with E-state index < -0.39 is 11.6 Å². The number of benzene rings is 2. The van der Waals surface area contributed by atoms with Gasteiger partial charge in [-0.05, 0) is 18.2 Å². The summed E-state index contributed by atoms with van der Waals surface area (Å²) in [4.78, 5) is 0. The number of fused-ring (bicyclic) bond motifs is 1. The molecular formula is C13H8ClF2N3S. The number of aromatic nitrogens is 2. The van der Waals surface area contributed by atoms with Crippen LogP contribution in [0, 0.1) is 11.6 Å². The van der Waals surface area contributed by atoms with E-state index in [4.69, 9.17) is 11.6 Å². The molecule has 0 unspecified atom stereocenters. The summed E-state index contributed by atoms with van der Waals surface area (Å²) in [6.07, 6.45) is 0. The highest BCUT2D eigenvalue weighted by molar-refractivity contribution is 7.00. The van der Waals surface area contributed by atoms with E-state index in [1.807, 2.05) is 0 Å². The number of hydrogen-bond donors (Lipinski definition) is 1. The van der Waals surface area contributed by atoms with Crippen molar-refractivity contribution in [3.8, 4) is 0 Å². The van der Waals surface area contributed by atoms with E-state index in [2.05, 4.69) is 14.1 Å². The van der Waals surface area contributed by atoms with Crippen molar-refractivity contribution >= 4 is 40.0 Å². The Labute approximate surface area is 122 Å². The number of hydrogen-bond acceptors (Lipinski definition) is 4. The average Bonchev–Trinajstić information content (AvgIpc) is 2.88. The molecule has 7 heteroatoms. The Balaban J connectivity index is 1.90. The fourth-order valence-corrected chi connectivity index (χ4v) is 2.61. The van der Waals surface area contributed by atoms with Crippen LogP contribution in [0.2, 0.25) is 5.02 Å². The van der Waals surface area contributed by atoms with Crippen molar-refractivity contribution in [1.29, 1.82) is 0 Å². The summed E-state index contributed by atoms with van der Waals surface area (Å²) in [6, 6.07) is 6.93. The fraction of sp³-hybridized carbons (Fsp3) is 0.0769. The number of halogens is 3. The monoisotopic (exact) mass is 311 g/mol. The Hall–Kier alpha value is -1.79. The van der Waals surface area contributed by atoms with Crippen LogP contribution in [-0.2, 0) is 6.54 Å². The molecule has 2 aromatic carbocycles. The van der Waals surface area contributed by atoms with E-state index >= 15 is 0 Å². The zero-order valence-corrected chi connectivity index (χ0v) is 11.6. The molecule has 0 saturated carbocycles. The first-order valence-corrected chi connectivity index (χ1v) is 6.84. The van der Waals surface area contributed by atoms with Crippen molar-refractivity contribution in [3.63, 3.8) is 0 Å². The van der Waals surface area contributed by atoms with Crippen LogP contribution in [0.3, 0.4) is 0 Å². The Morgan fingerprint density at radius 2 is 2.00 bits per heavy atom. The molecule has 102 valence electrons. The third-order valence-corrected chi connectivity index (χ3v) is 3.71. The third kappa shape index (κ3) is 2.44. The lowest BCUT2D eigenvalue weighted by atomic mass is 10.2. The van der Waals surface area contributed by atoms with Gasteiger partial charge in [0.05, 0.1) is 22.4 Å². The molecular weight excluding hydrogens is 304 g/mol. The van der Waals surface area contributed by atoms with Gasteiger partial charge in [0.15, 0.2) is 0 Å². The van der Waals surface area contributed by atoms with Crippen LogP contribution in [-0.4, -0.2) is 8.75 Å². The van der Waals surface area contributed by atoms with Gasteiger partial charge in [-0.2, -0.15) is 8.75 Å². The minimum Gasteiger partial charge on any atom is -0.378 e. The Kier molecular flexibility index (Phi) is 3.50. The second-order valence-corrected chi connectivity index (χ2v) is 5.08. The molecule has 0 fully saturated rings. The molecule has 0 amide bonds. The Bertz CT molecular complexity index is 775. The van der Waals surface area contributed by atoms with Crippen molar-refractivity contribution in [2.45, 2.75) is 6.54 Å². The summed E-state index contributed by atoms with van der Waals surface area (Å²) in [7, 11) is 0. The first-order chi connectivity index (χ1) is 9.65. The lowest BCUT2D eigenvalue weighted by Crippen LogP contribution is -2.03. The van der Waals surface area contributed by atoms with Crippen LogP contribution in [0.15, 0.2) is 30.3 Å². The molecule has 0 aliphatic carbocycles. The van der Waals surface area contributed by atoms with E-state index in [1.54, 1.807) is 12.1 Å². The molecule has 0 bridgehead atoms. The standard InChI is InChI=1S/C13H8ClF2N3S/c14-9-3-4-11-13(19-20-18-11)12(9)17-6-7-1-2-8(15)5-10(7)16/h1-5,17H,6H2. The first-order valence-electron chi connectivity index (χ1n) is 5.74. The van der Waals surface area contributed by atoms with E-state index in [9.17, 15) is 8.78 Å². The molecule has 1 heterocycles. The second kappa shape index (κ2) is 5.30. The number of rotatable bonds is 3. The van der Waals surface area contributed by atoms with Gasteiger partial charge < -0.3 is 5.32 Å². The smallest absolute Gasteiger partial charge is 0.131 e. The Morgan fingerprint density at radius 3 is 2.80 bits per heavy atom. The Morgan fingerprint density at radius 1 is 1.15 bits per heavy atom. The largest absolute Gasteiger partial charge is 0.378 e. The average molecular weight is 312 g/mol. The van der Waals surface area contributed by atoms with Gasteiger partial charge in [-0.1, -0.05) is 17.7 Å². The number of nitrogens with zero attached hydrogens (tertiary/aromatic N) is 2. The summed E-state index contributed by atoms with van der Waals surface area (Å²) >= 11 is 7.19. The molecule has 3 nitrogen and oxygen atoms in total. The van der Waals surface area contributed by atoms with Gasteiger partial charge in [-0.3, -0.25) is 0 Å². The number of anilines is 1. The van der Waals surface area contributed by atoms with Crippen LogP contribution < -0.4 is 5.32 Å². The molecule has 0 aliphatic heterocycles. The molecule has 3 rings (SSSR count). The quantitative estimate of drug-likeness (QED) is 0.786. The molecule has 1 N–H and O–H groups in total. The highest BCUT2D eigenvalue weighted by Crippen LogP contribution is 2.30. The topological polar surface area (TPSA) is 37.8 Å². The second-order valence-electron chi connectivity index (χ2n) is 4.14. The summed E-state index contributed by atoms with van der Waals surface area (Å²) in [5.41, 5.74) is 2.32. The minimum atomic E-state index is -0.602. The van der Waals surface area contributed by atoms with Crippen LogP contribution in [0.4, 0.5) is 14.5 Å². The van der Waals surface area contributed by atoms with Crippen LogP contribution in [0.1, 0.15) is 5.56 Å². The highest BCUT2D eigenvalue weighted by atomic mass is 35.5. The lowest BCUT2D eigenvalue weighted by Gasteiger charge is -2.09. The van der Waals surface area contributed by atoms with Gasteiger partial charge in [-0.25, -0.2) is 8.78 Å². The zero-order chi connectivity index (χ0) is 14.1. The van der Waals surface area contributed by atoms with Crippen LogP contribution >= 0.6 is 23.3 Å². The summed E-state index contributed by atoms with van der Waals surface area (Å²) in [5.74, 6) is -1.20. The van der Waals surface area contributed by atoms with Gasteiger partial charge in [0, 0.05) is 18.2 Å². The van der Waals surface area contributed by atoms with Crippen molar-refractivity contribution < 1.29 is 8.78 Å². The molecule has 0 spiro atoms. The van der Waals surface area contributed by atoms with Gasteiger partial charge in [0.25, 0.3) is 0 Å². The predicted octanol–water partition coefficient (Wildman–Crippen LogP) is 4.24. The maximum absolute atomic E-state index is 13.6.